The first-order valence-corrected chi connectivity index (χ1v) is 10.7. The SMILES string of the molecule is CCOc1cc([C@@H]2C(C#N)=C(N)Oc3n[nH]c(-c4ccccc4)c32)c(Cl)cc1OCC(=O)OC. The molecule has 0 bridgehead atoms. The zero-order valence-corrected chi connectivity index (χ0v) is 19.2. The summed E-state index contributed by atoms with van der Waals surface area (Å²) < 4.78 is 21.6. The summed E-state index contributed by atoms with van der Waals surface area (Å²) in [5.74, 6) is -0.445. The van der Waals surface area contributed by atoms with E-state index in [2.05, 4.69) is 21.0 Å². The van der Waals surface area contributed by atoms with Crippen molar-refractivity contribution in [3.63, 3.8) is 0 Å². The molecule has 0 fully saturated rings. The Hall–Kier alpha value is -4.16. The molecule has 0 unspecified atom stereocenters. The summed E-state index contributed by atoms with van der Waals surface area (Å²) in [4.78, 5) is 11.6. The second-order valence-corrected chi connectivity index (χ2v) is 7.63. The molecule has 2 heterocycles. The van der Waals surface area contributed by atoms with Crippen LogP contribution in [0.4, 0.5) is 0 Å². The number of carbonyl (C=O) groups excluding carboxylic acids is 1. The van der Waals surface area contributed by atoms with Gasteiger partial charge in [0.1, 0.15) is 11.6 Å². The van der Waals surface area contributed by atoms with Crippen LogP contribution in [0.25, 0.3) is 11.3 Å². The van der Waals surface area contributed by atoms with Gasteiger partial charge in [0.05, 0.1) is 30.9 Å². The molecule has 0 saturated heterocycles. The number of nitrogens with one attached hydrogen (secondary N) is 1. The Balaban J connectivity index is 1.88. The Morgan fingerprint density at radius 3 is 2.68 bits per heavy atom. The van der Waals surface area contributed by atoms with Gasteiger partial charge < -0.3 is 24.7 Å². The van der Waals surface area contributed by atoms with E-state index >= 15 is 0 Å². The fraction of sp³-hybridized carbons (Fsp3) is 0.208. The number of nitrogens with zero attached hydrogens (tertiary/aromatic N) is 2. The van der Waals surface area contributed by atoms with Gasteiger partial charge >= 0.3 is 5.97 Å². The molecule has 3 aromatic rings. The second-order valence-electron chi connectivity index (χ2n) is 7.23. The first kappa shape index (κ1) is 23.0. The number of fused-ring (bicyclic) bond motifs is 1. The molecule has 10 heteroatoms. The number of nitrogens with two attached hydrogens (primary N) is 1. The number of benzene rings is 2. The van der Waals surface area contributed by atoms with Crippen LogP contribution in [0.2, 0.25) is 5.02 Å². The second kappa shape index (κ2) is 9.77. The van der Waals surface area contributed by atoms with Gasteiger partial charge in [-0.2, -0.15) is 5.26 Å². The molecule has 1 aromatic heterocycles. The summed E-state index contributed by atoms with van der Waals surface area (Å²) in [7, 11) is 1.27. The predicted octanol–water partition coefficient (Wildman–Crippen LogP) is 3.90. The number of allylic oxidation sites excluding steroid dienone is 1. The Kier molecular flexibility index (Phi) is 6.61. The van der Waals surface area contributed by atoms with Crippen LogP contribution >= 0.6 is 11.6 Å². The summed E-state index contributed by atoms with van der Waals surface area (Å²) in [5, 5.41) is 17.5. The first-order chi connectivity index (χ1) is 16.5. The van der Waals surface area contributed by atoms with Crippen LogP contribution < -0.4 is 19.9 Å². The van der Waals surface area contributed by atoms with E-state index in [0.29, 0.717) is 29.2 Å². The van der Waals surface area contributed by atoms with Gasteiger partial charge in [0.25, 0.3) is 0 Å². The van der Waals surface area contributed by atoms with Crippen molar-refractivity contribution in [1.29, 1.82) is 5.26 Å². The normalized spacial score (nSPS) is 14.6. The minimum absolute atomic E-state index is 0.0637. The van der Waals surface area contributed by atoms with E-state index in [4.69, 9.17) is 31.5 Å². The number of nitriles is 1. The van der Waals surface area contributed by atoms with Crippen molar-refractivity contribution < 1.29 is 23.7 Å². The van der Waals surface area contributed by atoms with Crippen LogP contribution in [0.5, 0.6) is 17.4 Å². The van der Waals surface area contributed by atoms with Crippen LogP contribution in [0.1, 0.15) is 24.0 Å². The van der Waals surface area contributed by atoms with Gasteiger partial charge in [-0.1, -0.05) is 41.9 Å². The molecular weight excluding hydrogens is 460 g/mol. The lowest BCUT2D eigenvalue weighted by molar-refractivity contribution is -0.142. The largest absolute Gasteiger partial charge is 0.490 e. The van der Waals surface area contributed by atoms with Crippen molar-refractivity contribution in [2.45, 2.75) is 12.8 Å². The van der Waals surface area contributed by atoms with Gasteiger partial charge in [0.2, 0.25) is 11.8 Å². The molecule has 4 rings (SSSR count). The van der Waals surface area contributed by atoms with E-state index < -0.39 is 11.9 Å². The highest BCUT2D eigenvalue weighted by Gasteiger charge is 2.37. The summed E-state index contributed by atoms with van der Waals surface area (Å²) >= 11 is 6.69. The average molecular weight is 481 g/mol. The van der Waals surface area contributed by atoms with Gasteiger partial charge in [-0.15, -0.1) is 5.10 Å². The molecule has 1 atom stereocenters. The van der Waals surface area contributed by atoms with Gasteiger partial charge in [-0.05, 0) is 24.1 Å². The molecule has 0 spiro atoms. The highest BCUT2D eigenvalue weighted by Crippen LogP contribution is 2.49. The fourth-order valence-corrected chi connectivity index (χ4v) is 3.99. The number of halogens is 1. The maximum absolute atomic E-state index is 11.6. The number of esters is 1. The third-order valence-corrected chi connectivity index (χ3v) is 5.58. The van der Waals surface area contributed by atoms with Crippen molar-refractivity contribution in [2.75, 3.05) is 20.3 Å². The van der Waals surface area contributed by atoms with E-state index in [9.17, 15) is 10.1 Å². The molecule has 0 saturated carbocycles. The first-order valence-electron chi connectivity index (χ1n) is 10.4. The lowest BCUT2D eigenvalue weighted by Gasteiger charge is -2.25. The molecule has 1 aliphatic rings. The summed E-state index contributed by atoms with van der Waals surface area (Å²) in [6, 6.07) is 14.9. The van der Waals surface area contributed by atoms with Crippen molar-refractivity contribution in [1.82, 2.24) is 10.2 Å². The lowest BCUT2D eigenvalue weighted by Crippen LogP contribution is -2.21. The number of H-pyrrole nitrogens is 1. The molecule has 3 N–H and O–H groups in total. The van der Waals surface area contributed by atoms with Crippen LogP contribution in [-0.4, -0.2) is 36.5 Å². The number of ether oxygens (including phenoxy) is 4. The van der Waals surface area contributed by atoms with Gasteiger partial charge in [-0.3, -0.25) is 5.10 Å². The van der Waals surface area contributed by atoms with Crippen molar-refractivity contribution >= 4 is 17.6 Å². The highest BCUT2D eigenvalue weighted by atomic mass is 35.5. The van der Waals surface area contributed by atoms with Crippen LogP contribution in [-0.2, 0) is 9.53 Å². The molecule has 34 heavy (non-hydrogen) atoms. The minimum atomic E-state index is -0.691. The number of methoxy groups -OCH3 is 1. The number of hydrogen-bond acceptors (Lipinski definition) is 8. The van der Waals surface area contributed by atoms with Crippen molar-refractivity contribution in [2.24, 2.45) is 5.73 Å². The number of aromatic nitrogens is 2. The maximum Gasteiger partial charge on any atom is 0.343 e. The van der Waals surface area contributed by atoms with E-state index in [1.807, 2.05) is 37.3 Å². The molecule has 0 aliphatic carbocycles. The summed E-state index contributed by atoms with van der Waals surface area (Å²) in [6.45, 7) is 1.83. The quantitative estimate of drug-likeness (QED) is 0.486. The maximum atomic E-state index is 11.6. The average Bonchev–Trinajstić information content (AvgIpc) is 3.27. The fourth-order valence-electron chi connectivity index (χ4n) is 3.73. The highest BCUT2D eigenvalue weighted by molar-refractivity contribution is 6.31. The van der Waals surface area contributed by atoms with E-state index in [1.165, 1.54) is 13.2 Å². The van der Waals surface area contributed by atoms with E-state index in [0.717, 1.165) is 5.56 Å². The Morgan fingerprint density at radius 1 is 1.26 bits per heavy atom. The van der Waals surface area contributed by atoms with Crippen LogP contribution in [0.3, 0.4) is 0 Å². The number of carbonyl (C=O) groups is 1. The molecular formula is C24H21ClN4O5. The number of rotatable bonds is 7. The van der Waals surface area contributed by atoms with Gasteiger partial charge in [0, 0.05) is 11.1 Å². The zero-order chi connectivity index (χ0) is 24.2. The van der Waals surface area contributed by atoms with Gasteiger partial charge in [-0.25, -0.2) is 4.79 Å². The lowest BCUT2D eigenvalue weighted by atomic mass is 9.83. The standard InChI is InChI=1S/C24H21ClN4O5/c1-3-32-17-9-14(16(25)10-18(17)33-12-19(30)31-2)20-15(11-26)23(27)34-24-21(20)22(28-29-24)13-7-5-4-6-8-13/h4-10,20H,3,12,27H2,1-2H3,(H,28,29)/t20-/m1/s1. The van der Waals surface area contributed by atoms with E-state index in [-0.39, 0.29) is 34.7 Å². The van der Waals surface area contributed by atoms with Crippen LogP contribution in [0, 0.1) is 11.3 Å². The molecule has 9 nitrogen and oxygen atoms in total. The third kappa shape index (κ3) is 4.23. The predicted molar refractivity (Wildman–Crippen MR) is 123 cm³/mol. The number of hydrogen-bond donors (Lipinski definition) is 2. The monoisotopic (exact) mass is 480 g/mol. The Bertz CT molecular complexity index is 1300. The van der Waals surface area contributed by atoms with E-state index in [1.54, 1.807) is 6.07 Å². The molecule has 0 amide bonds. The number of aromatic amines is 1. The smallest absolute Gasteiger partial charge is 0.343 e. The summed E-state index contributed by atoms with van der Waals surface area (Å²) in [6.07, 6.45) is 0. The van der Waals surface area contributed by atoms with Crippen molar-refractivity contribution in [3.8, 4) is 34.7 Å². The summed E-state index contributed by atoms with van der Waals surface area (Å²) in [5.41, 5.74) is 8.93. The molecule has 174 valence electrons. The van der Waals surface area contributed by atoms with Crippen LogP contribution in [0.15, 0.2) is 53.9 Å². The molecule has 1 aliphatic heterocycles. The zero-order valence-electron chi connectivity index (χ0n) is 18.4. The Morgan fingerprint density at radius 2 is 2.00 bits per heavy atom. The molecule has 0 radical (unpaired) electrons. The minimum Gasteiger partial charge on any atom is -0.490 e. The Labute approximate surface area is 200 Å². The van der Waals surface area contributed by atoms with Crippen molar-refractivity contribution in [3.05, 3.63) is 70.1 Å². The topological polar surface area (TPSA) is 132 Å². The molecule has 2 aromatic carbocycles. The van der Waals surface area contributed by atoms with Gasteiger partial charge in [0.15, 0.2) is 18.1 Å². The third-order valence-electron chi connectivity index (χ3n) is 5.25.